The van der Waals surface area contributed by atoms with Crippen LogP contribution in [0.5, 0.6) is 0 Å². The average Bonchev–Trinajstić information content (AvgIpc) is 3.77. The number of benzene rings is 2. The molecule has 2 heterocycles. The van der Waals surface area contributed by atoms with Crippen LogP contribution in [-0.2, 0) is 20.9 Å². The predicted molar refractivity (Wildman–Crippen MR) is 162 cm³/mol. The Bertz CT molecular complexity index is 1310. The molecular weight excluding hydrogens is 532 g/mol. The van der Waals surface area contributed by atoms with Gasteiger partial charge in [-0.2, -0.15) is 0 Å². The van der Waals surface area contributed by atoms with E-state index in [1.165, 1.54) is 0 Å². The standard InChI is InChI=1S/C33H44N4O5/c1-21-19-35(16-17-36(21)32(40)42-33(4,5)6)26-14-15-28-27(18-26)29(22(2)30(25-12-13-25)37(28)23(3)38)34-31(39)41-20-24-10-8-7-9-11-24/h7-11,14-15,18,21-22,25,29-30H,12-13,16-17,19-20H2,1-6H3,(H,34,39)/t21-,22+,29+,30+/m0/s1. The molecule has 1 aliphatic carbocycles. The smallest absolute Gasteiger partial charge is 0.410 e. The lowest BCUT2D eigenvalue weighted by Crippen LogP contribution is -2.55. The zero-order chi connectivity index (χ0) is 30.2. The molecule has 0 unspecified atom stereocenters. The molecule has 3 amide bonds. The van der Waals surface area contributed by atoms with Crippen LogP contribution in [0.4, 0.5) is 21.0 Å². The lowest BCUT2D eigenvalue weighted by molar-refractivity contribution is -0.117. The monoisotopic (exact) mass is 576 g/mol. The number of carbonyl (C=O) groups excluding carboxylic acids is 3. The summed E-state index contributed by atoms with van der Waals surface area (Å²) >= 11 is 0. The number of alkyl carbamates (subject to hydrolysis) is 1. The highest BCUT2D eigenvalue weighted by atomic mass is 16.6. The number of piperazine rings is 1. The third-order valence-corrected chi connectivity index (χ3v) is 8.52. The second-order valence-corrected chi connectivity index (χ2v) is 13.0. The number of anilines is 2. The van der Waals surface area contributed by atoms with Crippen molar-refractivity contribution < 1.29 is 23.9 Å². The van der Waals surface area contributed by atoms with Crippen LogP contribution in [0.1, 0.15) is 71.6 Å². The van der Waals surface area contributed by atoms with Crippen LogP contribution in [0.3, 0.4) is 0 Å². The summed E-state index contributed by atoms with van der Waals surface area (Å²) < 4.78 is 11.2. The summed E-state index contributed by atoms with van der Waals surface area (Å²) in [5.74, 6) is 0.428. The van der Waals surface area contributed by atoms with Crippen molar-refractivity contribution in [3.05, 3.63) is 59.7 Å². The van der Waals surface area contributed by atoms with Crippen molar-refractivity contribution in [3.8, 4) is 0 Å². The van der Waals surface area contributed by atoms with Gasteiger partial charge in [0.05, 0.1) is 6.04 Å². The number of rotatable bonds is 5. The zero-order valence-corrected chi connectivity index (χ0v) is 25.6. The molecule has 2 aliphatic heterocycles. The first-order chi connectivity index (χ1) is 19.9. The number of fused-ring (bicyclic) bond motifs is 1. The highest BCUT2D eigenvalue weighted by Crippen LogP contribution is 2.50. The summed E-state index contributed by atoms with van der Waals surface area (Å²) in [5.41, 5.74) is 3.12. The molecule has 1 N–H and O–H groups in total. The number of nitrogens with zero attached hydrogens (tertiary/aromatic N) is 3. The minimum Gasteiger partial charge on any atom is -0.445 e. The summed E-state index contributed by atoms with van der Waals surface area (Å²) in [4.78, 5) is 44.9. The van der Waals surface area contributed by atoms with Crippen LogP contribution in [0.2, 0.25) is 0 Å². The second-order valence-electron chi connectivity index (χ2n) is 13.0. The Hall–Kier alpha value is -3.75. The molecule has 4 atom stereocenters. The van der Waals surface area contributed by atoms with E-state index in [0.29, 0.717) is 25.6 Å². The van der Waals surface area contributed by atoms with Crippen molar-refractivity contribution >= 4 is 29.5 Å². The highest BCUT2D eigenvalue weighted by Gasteiger charge is 2.48. The molecule has 1 saturated carbocycles. The molecule has 0 spiro atoms. The number of nitrogens with one attached hydrogen (secondary N) is 1. The number of ether oxygens (including phenoxy) is 2. The van der Waals surface area contributed by atoms with Crippen molar-refractivity contribution in [1.29, 1.82) is 0 Å². The van der Waals surface area contributed by atoms with Gasteiger partial charge < -0.3 is 29.5 Å². The second kappa shape index (κ2) is 11.9. The molecule has 1 saturated heterocycles. The van der Waals surface area contributed by atoms with Crippen LogP contribution in [0, 0.1) is 11.8 Å². The largest absolute Gasteiger partial charge is 0.445 e. The van der Waals surface area contributed by atoms with Gasteiger partial charge in [0, 0.05) is 61.5 Å². The third-order valence-electron chi connectivity index (χ3n) is 8.52. The topological polar surface area (TPSA) is 91.4 Å². The van der Waals surface area contributed by atoms with E-state index in [1.807, 2.05) is 69.0 Å². The molecule has 2 aromatic rings. The predicted octanol–water partition coefficient (Wildman–Crippen LogP) is 5.88. The summed E-state index contributed by atoms with van der Waals surface area (Å²) in [5, 5.41) is 3.16. The Morgan fingerprint density at radius 3 is 2.33 bits per heavy atom. The van der Waals surface area contributed by atoms with Crippen LogP contribution >= 0.6 is 0 Å². The molecule has 3 aliphatic rings. The Morgan fingerprint density at radius 1 is 1.00 bits per heavy atom. The fourth-order valence-corrected chi connectivity index (χ4v) is 6.43. The first kappa shape index (κ1) is 29.7. The number of amides is 3. The van der Waals surface area contributed by atoms with Gasteiger partial charge in [-0.15, -0.1) is 0 Å². The van der Waals surface area contributed by atoms with Gasteiger partial charge in [-0.25, -0.2) is 9.59 Å². The van der Waals surface area contributed by atoms with E-state index in [9.17, 15) is 14.4 Å². The van der Waals surface area contributed by atoms with Gasteiger partial charge in [-0.05, 0) is 70.2 Å². The molecule has 5 rings (SSSR count). The molecule has 2 fully saturated rings. The zero-order valence-electron chi connectivity index (χ0n) is 25.6. The highest BCUT2D eigenvalue weighted by molar-refractivity contribution is 5.94. The minimum absolute atomic E-state index is 0.00337. The van der Waals surface area contributed by atoms with E-state index in [1.54, 1.807) is 11.8 Å². The van der Waals surface area contributed by atoms with E-state index >= 15 is 0 Å². The number of hydrogen-bond acceptors (Lipinski definition) is 6. The maximum absolute atomic E-state index is 13.1. The first-order valence-electron chi connectivity index (χ1n) is 15.1. The Balaban J connectivity index is 1.39. The minimum atomic E-state index is -0.547. The van der Waals surface area contributed by atoms with Crippen LogP contribution < -0.4 is 15.1 Å². The van der Waals surface area contributed by atoms with Crippen molar-refractivity contribution in [1.82, 2.24) is 10.2 Å². The quantitative estimate of drug-likeness (QED) is 0.478. The molecular formula is C33H44N4O5. The van der Waals surface area contributed by atoms with Crippen molar-refractivity contribution in [2.75, 3.05) is 29.4 Å². The van der Waals surface area contributed by atoms with Crippen molar-refractivity contribution in [2.24, 2.45) is 11.8 Å². The maximum Gasteiger partial charge on any atom is 0.410 e. The van der Waals surface area contributed by atoms with Gasteiger partial charge in [0.2, 0.25) is 5.91 Å². The molecule has 42 heavy (non-hydrogen) atoms. The summed E-state index contributed by atoms with van der Waals surface area (Å²) in [6.07, 6.45) is 1.39. The van der Waals surface area contributed by atoms with Crippen LogP contribution in [0.15, 0.2) is 48.5 Å². The van der Waals surface area contributed by atoms with Crippen LogP contribution in [-0.4, -0.2) is 60.3 Å². The van der Waals surface area contributed by atoms with Crippen LogP contribution in [0.25, 0.3) is 0 Å². The van der Waals surface area contributed by atoms with Gasteiger partial charge in [0.1, 0.15) is 12.2 Å². The summed E-state index contributed by atoms with van der Waals surface area (Å²) in [6.45, 7) is 13.4. The molecule has 2 aromatic carbocycles. The lowest BCUT2D eigenvalue weighted by atomic mass is 9.79. The van der Waals surface area contributed by atoms with E-state index in [4.69, 9.17) is 9.47 Å². The molecule has 0 radical (unpaired) electrons. The maximum atomic E-state index is 13.1. The Morgan fingerprint density at radius 2 is 1.71 bits per heavy atom. The first-order valence-corrected chi connectivity index (χ1v) is 15.1. The van der Waals surface area contributed by atoms with Gasteiger partial charge in [-0.3, -0.25) is 4.79 Å². The van der Waals surface area contributed by atoms with Gasteiger partial charge in [0.15, 0.2) is 0 Å². The number of hydrogen-bond donors (Lipinski definition) is 1. The third kappa shape index (κ3) is 6.50. The van der Waals surface area contributed by atoms with E-state index in [2.05, 4.69) is 29.3 Å². The average molecular weight is 577 g/mol. The summed E-state index contributed by atoms with van der Waals surface area (Å²) in [6, 6.07) is 15.4. The van der Waals surface area contributed by atoms with E-state index in [-0.39, 0.29) is 42.7 Å². The molecule has 0 aromatic heterocycles. The number of carbonyl (C=O) groups is 3. The van der Waals surface area contributed by atoms with Crippen molar-refractivity contribution in [3.63, 3.8) is 0 Å². The van der Waals surface area contributed by atoms with Gasteiger partial charge in [0.25, 0.3) is 0 Å². The fourth-order valence-electron chi connectivity index (χ4n) is 6.43. The molecule has 9 nitrogen and oxygen atoms in total. The SMILES string of the molecule is CC(=O)N1c2ccc(N3CCN(C(=O)OC(C)(C)C)[C@@H](C)C3)cc2[C@H](NC(=O)OCc2ccccc2)[C@@H](C)[C@@H]1C1CC1. The lowest BCUT2D eigenvalue weighted by Gasteiger charge is -2.46. The van der Waals surface area contributed by atoms with Gasteiger partial charge >= 0.3 is 12.2 Å². The van der Waals surface area contributed by atoms with Gasteiger partial charge in [-0.1, -0.05) is 37.3 Å². The summed E-state index contributed by atoms with van der Waals surface area (Å²) in [7, 11) is 0. The van der Waals surface area contributed by atoms with E-state index < -0.39 is 11.7 Å². The molecule has 0 bridgehead atoms. The molecule has 226 valence electrons. The normalized spacial score (nSPS) is 24.1. The fraction of sp³-hybridized carbons (Fsp3) is 0.545. The van der Waals surface area contributed by atoms with Crippen molar-refractivity contribution in [2.45, 2.75) is 84.7 Å². The van der Waals surface area contributed by atoms with E-state index in [0.717, 1.165) is 35.3 Å². The Labute approximate surface area is 249 Å². The molecule has 9 heteroatoms. The Kier molecular flexibility index (Phi) is 8.39.